The molecular formula is C11H23N3O. The lowest BCUT2D eigenvalue weighted by molar-refractivity contribution is -0.122. The predicted molar refractivity (Wildman–Crippen MR) is 61.5 cm³/mol. The second-order valence-electron chi connectivity index (χ2n) is 4.63. The number of nitrogens with two attached hydrogens (primary N) is 1. The summed E-state index contributed by atoms with van der Waals surface area (Å²) in [6, 6.07) is 0.116. The first-order valence-electron chi connectivity index (χ1n) is 5.76. The highest BCUT2D eigenvalue weighted by Gasteiger charge is 2.32. The fourth-order valence-corrected chi connectivity index (χ4v) is 1.77. The fraction of sp³-hybridized carbons (Fsp3) is 0.909. The monoisotopic (exact) mass is 213 g/mol. The first-order valence-corrected chi connectivity index (χ1v) is 5.76. The van der Waals surface area contributed by atoms with Crippen molar-refractivity contribution < 1.29 is 4.79 Å². The van der Waals surface area contributed by atoms with Gasteiger partial charge in [0, 0.05) is 12.6 Å². The van der Waals surface area contributed by atoms with E-state index in [2.05, 4.69) is 24.3 Å². The Kier molecular flexibility index (Phi) is 4.54. The van der Waals surface area contributed by atoms with Crippen molar-refractivity contribution in [3.05, 3.63) is 0 Å². The lowest BCUT2D eigenvalue weighted by Crippen LogP contribution is -2.46. The Labute approximate surface area is 92.2 Å². The largest absolute Gasteiger partial charge is 0.353 e. The van der Waals surface area contributed by atoms with Crippen LogP contribution in [0.3, 0.4) is 0 Å². The number of carbonyl (C=O) groups excluding carboxylic acids is 1. The van der Waals surface area contributed by atoms with E-state index in [-0.39, 0.29) is 11.9 Å². The van der Waals surface area contributed by atoms with E-state index in [1.807, 2.05) is 6.92 Å². The van der Waals surface area contributed by atoms with Crippen LogP contribution in [0, 0.1) is 5.92 Å². The van der Waals surface area contributed by atoms with Gasteiger partial charge in [-0.15, -0.1) is 0 Å². The highest BCUT2D eigenvalue weighted by atomic mass is 16.2. The van der Waals surface area contributed by atoms with Gasteiger partial charge in [0.2, 0.25) is 5.91 Å². The molecule has 0 heterocycles. The molecule has 0 bridgehead atoms. The van der Waals surface area contributed by atoms with Gasteiger partial charge in [0.25, 0.3) is 0 Å². The summed E-state index contributed by atoms with van der Waals surface area (Å²) in [6.45, 7) is 2.65. The summed E-state index contributed by atoms with van der Waals surface area (Å²) in [5.41, 5.74) is 5.64. The molecule has 1 saturated carbocycles. The van der Waals surface area contributed by atoms with Crippen molar-refractivity contribution in [1.29, 1.82) is 0 Å². The minimum absolute atomic E-state index is 0.0231. The number of nitrogens with one attached hydrogen (secondary N) is 1. The van der Waals surface area contributed by atoms with Crippen molar-refractivity contribution in [2.45, 2.75) is 38.3 Å². The van der Waals surface area contributed by atoms with Crippen molar-refractivity contribution in [3.8, 4) is 0 Å². The van der Waals surface area contributed by atoms with Crippen molar-refractivity contribution in [2.75, 3.05) is 20.6 Å². The zero-order chi connectivity index (χ0) is 11.4. The van der Waals surface area contributed by atoms with Gasteiger partial charge in [-0.05, 0) is 39.3 Å². The van der Waals surface area contributed by atoms with Crippen LogP contribution in [-0.4, -0.2) is 43.5 Å². The fourth-order valence-electron chi connectivity index (χ4n) is 1.77. The van der Waals surface area contributed by atoms with Crippen LogP contribution >= 0.6 is 0 Å². The van der Waals surface area contributed by atoms with Gasteiger partial charge in [-0.3, -0.25) is 4.79 Å². The Morgan fingerprint density at radius 3 is 2.53 bits per heavy atom. The molecular weight excluding hydrogens is 190 g/mol. The van der Waals surface area contributed by atoms with Gasteiger partial charge in [0.15, 0.2) is 0 Å². The summed E-state index contributed by atoms with van der Waals surface area (Å²) in [5.74, 6) is 0.739. The van der Waals surface area contributed by atoms with E-state index in [4.69, 9.17) is 5.73 Å². The molecule has 1 rings (SSSR count). The van der Waals surface area contributed by atoms with Crippen molar-refractivity contribution in [1.82, 2.24) is 10.2 Å². The SMILES string of the molecule is CC[C@H](N)C(=O)NCC(C1CC1)N(C)C. The van der Waals surface area contributed by atoms with Gasteiger partial charge in [0.1, 0.15) is 0 Å². The molecule has 0 aromatic heterocycles. The molecule has 1 fully saturated rings. The Morgan fingerprint density at radius 1 is 1.53 bits per heavy atom. The van der Waals surface area contributed by atoms with Crippen LogP contribution < -0.4 is 11.1 Å². The van der Waals surface area contributed by atoms with E-state index < -0.39 is 0 Å². The first kappa shape index (κ1) is 12.5. The smallest absolute Gasteiger partial charge is 0.236 e. The number of rotatable bonds is 6. The minimum Gasteiger partial charge on any atom is -0.353 e. The number of amides is 1. The van der Waals surface area contributed by atoms with Crippen LogP contribution in [-0.2, 0) is 4.79 Å². The Hall–Kier alpha value is -0.610. The maximum Gasteiger partial charge on any atom is 0.236 e. The van der Waals surface area contributed by atoms with Crippen molar-refractivity contribution in [3.63, 3.8) is 0 Å². The molecule has 0 aliphatic heterocycles. The molecule has 0 aromatic rings. The molecule has 4 nitrogen and oxygen atoms in total. The number of hydrogen-bond acceptors (Lipinski definition) is 3. The number of nitrogens with zero attached hydrogens (tertiary/aromatic N) is 1. The van der Waals surface area contributed by atoms with Crippen molar-refractivity contribution >= 4 is 5.91 Å². The molecule has 0 spiro atoms. The van der Waals surface area contributed by atoms with Gasteiger partial charge in [0.05, 0.1) is 6.04 Å². The second-order valence-corrected chi connectivity index (χ2v) is 4.63. The van der Waals surface area contributed by atoms with Gasteiger partial charge >= 0.3 is 0 Å². The third-order valence-electron chi connectivity index (χ3n) is 3.09. The standard InChI is InChI=1S/C11H23N3O/c1-4-9(12)11(15)13-7-10(14(2)3)8-5-6-8/h8-10H,4-7,12H2,1-3H3,(H,13,15)/t9-,10?/m0/s1. The lowest BCUT2D eigenvalue weighted by atomic mass is 10.1. The van der Waals surface area contributed by atoms with Crippen LogP contribution in [0.5, 0.6) is 0 Å². The van der Waals surface area contributed by atoms with Crippen LogP contribution in [0.4, 0.5) is 0 Å². The zero-order valence-electron chi connectivity index (χ0n) is 9.99. The number of hydrogen-bond donors (Lipinski definition) is 2. The molecule has 3 N–H and O–H groups in total. The van der Waals surface area contributed by atoms with Crippen LogP contribution in [0.15, 0.2) is 0 Å². The van der Waals surface area contributed by atoms with E-state index in [0.717, 1.165) is 12.5 Å². The molecule has 1 aliphatic rings. The van der Waals surface area contributed by atoms with E-state index in [9.17, 15) is 4.79 Å². The molecule has 1 unspecified atom stereocenters. The van der Waals surface area contributed by atoms with Crippen LogP contribution in [0.1, 0.15) is 26.2 Å². The molecule has 15 heavy (non-hydrogen) atoms. The minimum atomic E-state index is -0.355. The molecule has 88 valence electrons. The second kappa shape index (κ2) is 5.47. The van der Waals surface area contributed by atoms with E-state index in [1.54, 1.807) is 0 Å². The van der Waals surface area contributed by atoms with Crippen molar-refractivity contribution in [2.24, 2.45) is 11.7 Å². The average molecular weight is 213 g/mol. The first-order chi connectivity index (χ1) is 7.06. The lowest BCUT2D eigenvalue weighted by Gasteiger charge is -2.25. The molecule has 1 amide bonds. The summed E-state index contributed by atoms with van der Waals surface area (Å²) in [5, 5.41) is 2.93. The quantitative estimate of drug-likeness (QED) is 0.662. The Morgan fingerprint density at radius 2 is 2.13 bits per heavy atom. The third kappa shape index (κ3) is 3.80. The maximum atomic E-state index is 11.5. The molecule has 0 aromatic carbocycles. The highest BCUT2D eigenvalue weighted by Crippen LogP contribution is 2.34. The normalized spacial score (nSPS) is 20.1. The molecule has 0 saturated heterocycles. The van der Waals surface area contributed by atoms with Gasteiger partial charge in [-0.1, -0.05) is 6.92 Å². The zero-order valence-corrected chi connectivity index (χ0v) is 9.99. The number of carbonyl (C=O) groups is 1. The van der Waals surface area contributed by atoms with E-state index in [0.29, 0.717) is 12.5 Å². The molecule has 2 atom stereocenters. The topological polar surface area (TPSA) is 58.4 Å². The summed E-state index contributed by atoms with van der Waals surface area (Å²) in [7, 11) is 4.13. The van der Waals surface area contributed by atoms with Gasteiger partial charge in [-0.25, -0.2) is 0 Å². The summed E-state index contributed by atoms with van der Waals surface area (Å²) in [6.07, 6.45) is 3.28. The predicted octanol–water partition coefficient (Wildman–Crippen LogP) is 0.180. The van der Waals surface area contributed by atoms with Gasteiger partial charge in [-0.2, -0.15) is 0 Å². The molecule has 4 heteroatoms. The third-order valence-corrected chi connectivity index (χ3v) is 3.09. The molecule has 0 radical (unpaired) electrons. The highest BCUT2D eigenvalue weighted by molar-refractivity contribution is 5.81. The Balaban J connectivity index is 2.30. The van der Waals surface area contributed by atoms with Crippen LogP contribution in [0.25, 0.3) is 0 Å². The van der Waals surface area contributed by atoms with E-state index >= 15 is 0 Å². The maximum absolute atomic E-state index is 11.5. The van der Waals surface area contributed by atoms with Gasteiger partial charge < -0.3 is 16.0 Å². The summed E-state index contributed by atoms with van der Waals surface area (Å²) < 4.78 is 0. The Bertz CT molecular complexity index is 212. The van der Waals surface area contributed by atoms with E-state index in [1.165, 1.54) is 12.8 Å². The van der Waals surface area contributed by atoms with Crippen LogP contribution in [0.2, 0.25) is 0 Å². The summed E-state index contributed by atoms with van der Waals surface area (Å²) in [4.78, 5) is 13.7. The average Bonchev–Trinajstić information content (AvgIpc) is 3.00. The molecule has 1 aliphatic carbocycles. The number of likely N-dealkylation sites (N-methyl/N-ethyl adjacent to an activating group) is 1. The summed E-state index contributed by atoms with van der Waals surface area (Å²) >= 11 is 0.